The Labute approximate surface area is 231 Å². The summed E-state index contributed by atoms with van der Waals surface area (Å²) in [4.78, 5) is 26.0. The average molecular weight is 563 g/mol. The number of nitrogens with zero attached hydrogens (tertiary/aromatic N) is 1. The van der Waals surface area contributed by atoms with E-state index in [4.69, 9.17) is 37.4 Å². The molecule has 4 rings (SSSR count). The van der Waals surface area contributed by atoms with Crippen molar-refractivity contribution in [2.45, 2.75) is 30.2 Å². The van der Waals surface area contributed by atoms with E-state index in [0.717, 1.165) is 11.1 Å². The summed E-state index contributed by atoms with van der Waals surface area (Å²) in [6.45, 7) is 1.38. The highest BCUT2D eigenvalue weighted by Crippen LogP contribution is 2.37. The third-order valence-corrected chi connectivity index (χ3v) is 8.40. The predicted molar refractivity (Wildman–Crippen MR) is 146 cm³/mol. The molecule has 8 nitrogen and oxygen atoms in total. The number of carbonyl (C=O) groups is 2. The van der Waals surface area contributed by atoms with Crippen molar-refractivity contribution in [2.24, 2.45) is 7.05 Å². The quantitative estimate of drug-likeness (QED) is 0.344. The van der Waals surface area contributed by atoms with Gasteiger partial charge in [-0.05, 0) is 42.2 Å². The maximum Gasteiger partial charge on any atom is 0.314 e. The van der Waals surface area contributed by atoms with Crippen LogP contribution in [0.25, 0.3) is 10.9 Å². The van der Waals surface area contributed by atoms with Gasteiger partial charge in [0.1, 0.15) is 5.69 Å². The van der Waals surface area contributed by atoms with E-state index >= 15 is 0 Å². The zero-order valence-electron chi connectivity index (χ0n) is 21.7. The fraction of sp³-hybridized carbons (Fsp3) is 0.429. The SMILES string of the molecule is COCCC(CCOC)(C(=O)O)c1ccc(C2(NC(=O)c3cc4c(Cl)c(Cl)ccc4n3C)CCOC2)cc1. The molecule has 38 heavy (non-hydrogen) atoms. The monoisotopic (exact) mass is 562 g/mol. The van der Waals surface area contributed by atoms with Crippen LogP contribution in [-0.4, -0.2) is 62.2 Å². The summed E-state index contributed by atoms with van der Waals surface area (Å²) in [5, 5.41) is 14.9. The highest BCUT2D eigenvalue weighted by Gasteiger charge is 2.42. The number of carboxylic acid groups (broad SMARTS) is 1. The van der Waals surface area contributed by atoms with E-state index in [2.05, 4.69) is 5.32 Å². The molecule has 1 aromatic heterocycles. The number of halogens is 2. The molecule has 1 amide bonds. The van der Waals surface area contributed by atoms with Crippen LogP contribution >= 0.6 is 23.2 Å². The second-order valence-electron chi connectivity index (χ2n) is 9.67. The highest BCUT2D eigenvalue weighted by atomic mass is 35.5. The van der Waals surface area contributed by atoms with Gasteiger partial charge in [-0.3, -0.25) is 9.59 Å². The van der Waals surface area contributed by atoms with Crippen molar-refractivity contribution >= 4 is 46.0 Å². The van der Waals surface area contributed by atoms with E-state index in [1.807, 2.05) is 30.3 Å². The van der Waals surface area contributed by atoms with Crippen LogP contribution < -0.4 is 5.32 Å². The molecule has 0 spiro atoms. The standard InChI is InChI=1S/C28H32Cl2N2O6/c1-32-22-9-8-21(29)24(30)20(22)16-23(32)25(33)31-28(12-15-38-17-28)19-6-4-18(5-7-19)27(26(34)35,10-13-36-2)11-14-37-3/h4-9,16H,10-15,17H2,1-3H3,(H,31,33)(H,34,35). The van der Waals surface area contributed by atoms with Gasteiger partial charge >= 0.3 is 5.97 Å². The number of aliphatic carboxylic acids is 1. The molecular formula is C28H32Cl2N2O6. The predicted octanol–water partition coefficient (Wildman–Crippen LogP) is 4.93. The van der Waals surface area contributed by atoms with Crippen molar-refractivity contribution in [3.8, 4) is 0 Å². The van der Waals surface area contributed by atoms with Gasteiger partial charge in [0.15, 0.2) is 0 Å². The lowest BCUT2D eigenvalue weighted by Crippen LogP contribution is -2.47. The highest BCUT2D eigenvalue weighted by molar-refractivity contribution is 6.45. The zero-order valence-corrected chi connectivity index (χ0v) is 23.2. The first-order chi connectivity index (χ1) is 18.2. The number of hydrogen-bond acceptors (Lipinski definition) is 5. The molecule has 0 bridgehead atoms. The van der Waals surface area contributed by atoms with E-state index in [9.17, 15) is 14.7 Å². The minimum atomic E-state index is -1.16. The Kier molecular flexibility index (Phi) is 8.69. The number of hydrogen-bond donors (Lipinski definition) is 2. The molecule has 1 unspecified atom stereocenters. The summed E-state index contributed by atoms with van der Waals surface area (Å²) < 4.78 is 17.9. The Hall–Kier alpha value is -2.62. The van der Waals surface area contributed by atoms with Crippen molar-refractivity contribution in [1.29, 1.82) is 0 Å². The molecule has 1 atom stereocenters. The molecule has 10 heteroatoms. The van der Waals surface area contributed by atoms with Gasteiger partial charge in [-0.1, -0.05) is 47.5 Å². The number of rotatable bonds is 11. The molecule has 0 aliphatic carbocycles. The number of aryl methyl sites for hydroxylation is 1. The first-order valence-corrected chi connectivity index (χ1v) is 13.1. The summed E-state index contributed by atoms with van der Waals surface area (Å²) in [6, 6.07) is 12.7. The van der Waals surface area contributed by atoms with E-state index in [-0.39, 0.29) is 5.91 Å². The molecule has 1 fully saturated rings. The van der Waals surface area contributed by atoms with Crippen molar-refractivity contribution in [1.82, 2.24) is 9.88 Å². The average Bonchev–Trinajstić information content (AvgIpc) is 3.52. The molecule has 1 aliphatic rings. The Morgan fingerprint density at radius 3 is 2.32 bits per heavy atom. The van der Waals surface area contributed by atoms with E-state index in [0.29, 0.717) is 72.4 Å². The van der Waals surface area contributed by atoms with Gasteiger partial charge in [0.05, 0.1) is 27.6 Å². The summed E-state index contributed by atoms with van der Waals surface area (Å²) in [6.07, 6.45) is 1.19. The van der Waals surface area contributed by atoms with Gasteiger partial charge < -0.3 is 29.2 Å². The minimum Gasteiger partial charge on any atom is -0.481 e. The normalized spacial score (nSPS) is 17.7. The number of carboxylic acids is 1. The number of methoxy groups -OCH3 is 2. The number of fused-ring (bicyclic) bond motifs is 1. The fourth-order valence-electron chi connectivity index (χ4n) is 5.22. The van der Waals surface area contributed by atoms with Crippen LogP contribution in [0.4, 0.5) is 0 Å². The van der Waals surface area contributed by atoms with Crippen molar-refractivity contribution in [3.63, 3.8) is 0 Å². The van der Waals surface area contributed by atoms with Crippen molar-refractivity contribution in [2.75, 3.05) is 40.6 Å². The number of carbonyl (C=O) groups excluding carboxylic acids is 1. The molecule has 2 heterocycles. The summed E-state index contributed by atoms with van der Waals surface area (Å²) in [7, 11) is 4.91. The molecular weight excluding hydrogens is 531 g/mol. The Bertz CT molecular complexity index is 1310. The number of aromatic nitrogens is 1. The lowest BCUT2D eigenvalue weighted by Gasteiger charge is -2.32. The molecule has 3 aromatic rings. The first-order valence-electron chi connectivity index (χ1n) is 12.3. The van der Waals surface area contributed by atoms with Gasteiger partial charge in [-0.25, -0.2) is 0 Å². The van der Waals surface area contributed by atoms with Crippen LogP contribution in [0.1, 0.15) is 40.9 Å². The molecule has 0 saturated carbocycles. The van der Waals surface area contributed by atoms with Gasteiger partial charge in [-0.15, -0.1) is 0 Å². The molecule has 1 saturated heterocycles. The van der Waals surface area contributed by atoms with Crippen LogP contribution in [0.2, 0.25) is 10.0 Å². The van der Waals surface area contributed by atoms with Crippen LogP contribution in [0.3, 0.4) is 0 Å². The van der Waals surface area contributed by atoms with E-state index < -0.39 is 16.9 Å². The Morgan fingerprint density at radius 1 is 1.11 bits per heavy atom. The summed E-state index contributed by atoms with van der Waals surface area (Å²) in [5.41, 5.74) is 0.807. The molecule has 1 aliphatic heterocycles. The van der Waals surface area contributed by atoms with Gasteiger partial charge in [-0.2, -0.15) is 0 Å². The number of benzene rings is 2. The van der Waals surface area contributed by atoms with Gasteiger partial charge in [0, 0.05) is 58.4 Å². The largest absolute Gasteiger partial charge is 0.481 e. The van der Waals surface area contributed by atoms with Crippen LogP contribution in [0.5, 0.6) is 0 Å². The lowest BCUT2D eigenvalue weighted by atomic mass is 9.74. The fourth-order valence-corrected chi connectivity index (χ4v) is 5.60. The third kappa shape index (κ3) is 5.16. The summed E-state index contributed by atoms with van der Waals surface area (Å²) >= 11 is 12.6. The third-order valence-electron chi connectivity index (χ3n) is 7.59. The molecule has 204 valence electrons. The van der Waals surface area contributed by atoms with Crippen LogP contribution in [0, 0.1) is 0 Å². The number of ether oxygens (including phenoxy) is 3. The molecule has 2 N–H and O–H groups in total. The van der Waals surface area contributed by atoms with Gasteiger partial charge in [0.25, 0.3) is 5.91 Å². The second kappa shape index (κ2) is 11.6. The van der Waals surface area contributed by atoms with E-state index in [1.54, 1.807) is 38.0 Å². The smallest absolute Gasteiger partial charge is 0.314 e. The second-order valence-corrected chi connectivity index (χ2v) is 10.5. The molecule has 0 radical (unpaired) electrons. The minimum absolute atomic E-state index is 0.273. The van der Waals surface area contributed by atoms with E-state index in [1.165, 1.54) is 0 Å². The first kappa shape index (κ1) is 28.4. The Morgan fingerprint density at radius 2 is 1.76 bits per heavy atom. The Balaban J connectivity index is 1.66. The zero-order chi connectivity index (χ0) is 27.5. The van der Waals surface area contributed by atoms with Crippen LogP contribution in [0.15, 0.2) is 42.5 Å². The van der Waals surface area contributed by atoms with Gasteiger partial charge in [0.2, 0.25) is 0 Å². The number of nitrogens with one attached hydrogen (secondary N) is 1. The molecule has 2 aromatic carbocycles. The maximum atomic E-state index is 13.5. The van der Waals surface area contributed by atoms with Crippen molar-refractivity contribution < 1.29 is 28.9 Å². The van der Waals surface area contributed by atoms with Crippen LogP contribution in [-0.2, 0) is 37.0 Å². The van der Waals surface area contributed by atoms with Crippen molar-refractivity contribution in [3.05, 3.63) is 69.3 Å². The maximum absolute atomic E-state index is 13.5. The summed E-state index contributed by atoms with van der Waals surface area (Å²) in [5.74, 6) is -1.20. The number of amides is 1. The lowest BCUT2D eigenvalue weighted by molar-refractivity contribution is -0.145. The topological polar surface area (TPSA) is 99.0 Å².